The van der Waals surface area contributed by atoms with Gasteiger partial charge in [-0.15, -0.1) is 0 Å². The van der Waals surface area contributed by atoms with Crippen LogP contribution in [-0.4, -0.2) is 55.5 Å². The molecular weight excluding hydrogens is 590 g/mol. The molecule has 2 bridgehead atoms. The first-order valence-electron chi connectivity index (χ1n) is 13.4. The maximum atomic E-state index is 15.5. The van der Waals surface area contributed by atoms with Crippen LogP contribution in [-0.2, 0) is 19.2 Å². The Morgan fingerprint density at radius 3 is 2.56 bits per heavy atom. The zero-order valence-corrected chi connectivity index (χ0v) is 24.4. The summed E-state index contributed by atoms with van der Waals surface area (Å²) in [5.41, 5.74) is 0.442. The number of fused-ring (bicyclic) bond motifs is 9. The Morgan fingerprint density at radius 1 is 1.16 bits per heavy atom. The Bertz CT molecular complexity index is 1800. The van der Waals surface area contributed by atoms with Crippen LogP contribution in [0.2, 0.25) is 0 Å². The molecule has 4 aromatic rings. The number of carbonyl (C=O) groups excluding carboxylic acids is 1. The highest BCUT2D eigenvalue weighted by molar-refractivity contribution is 7.47. The Morgan fingerprint density at radius 2 is 1.88 bits per heavy atom. The SMILES string of the molecule is CCOP(=O)(O)OC(C)(C)c1ncc(-c2cc3c(cc2F)nc2n3[C@H]3C[C@H]2N(C)C(=O)c2cccc(OC(F)F)c23)cn1. The molecule has 1 unspecified atom stereocenters. The summed E-state index contributed by atoms with van der Waals surface area (Å²) in [4.78, 5) is 37.9. The number of phosphoric acid groups is 1. The van der Waals surface area contributed by atoms with Gasteiger partial charge >= 0.3 is 14.4 Å². The van der Waals surface area contributed by atoms with Crippen molar-refractivity contribution in [2.24, 2.45) is 0 Å². The minimum Gasteiger partial charge on any atom is -0.434 e. The van der Waals surface area contributed by atoms with Crippen molar-refractivity contribution in [3.8, 4) is 16.9 Å². The summed E-state index contributed by atoms with van der Waals surface area (Å²) >= 11 is 0. The zero-order valence-electron chi connectivity index (χ0n) is 23.5. The fourth-order valence-corrected chi connectivity index (χ4v) is 6.86. The molecule has 0 fully saturated rings. The predicted molar refractivity (Wildman–Crippen MR) is 147 cm³/mol. The molecule has 11 nitrogen and oxygen atoms in total. The van der Waals surface area contributed by atoms with Crippen LogP contribution < -0.4 is 4.74 Å². The lowest BCUT2D eigenvalue weighted by Crippen LogP contribution is -2.30. The summed E-state index contributed by atoms with van der Waals surface area (Å²) in [6.07, 6.45) is 3.09. The van der Waals surface area contributed by atoms with E-state index in [2.05, 4.69) is 15.0 Å². The number of benzene rings is 2. The largest absolute Gasteiger partial charge is 0.473 e. The Hall–Kier alpha value is -3.84. The minimum atomic E-state index is -4.37. The number of nitrogens with zero attached hydrogens (tertiary/aromatic N) is 5. The molecule has 4 heterocycles. The van der Waals surface area contributed by atoms with Crippen molar-refractivity contribution in [1.82, 2.24) is 24.4 Å². The van der Waals surface area contributed by atoms with Crippen molar-refractivity contribution in [2.75, 3.05) is 13.7 Å². The van der Waals surface area contributed by atoms with Crippen LogP contribution in [0, 0.1) is 5.82 Å². The average Bonchev–Trinajstić information content (AvgIpc) is 3.44. The van der Waals surface area contributed by atoms with Crippen LogP contribution in [0.3, 0.4) is 0 Å². The van der Waals surface area contributed by atoms with E-state index >= 15 is 4.39 Å². The number of aromatic nitrogens is 4. The first-order valence-corrected chi connectivity index (χ1v) is 14.9. The summed E-state index contributed by atoms with van der Waals surface area (Å²) in [5.74, 6) is -0.504. The van der Waals surface area contributed by atoms with Crippen molar-refractivity contribution in [2.45, 2.75) is 51.5 Å². The maximum Gasteiger partial charge on any atom is 0.473 e. The molecule has 226 valence electrons. The van der Waals surface area contributed by atoms with E-state index in [9.17, 15) is 23.0 Å². The highest BCUT2D eigenvalue weighted by Crippen LogP contribution is 2.51. The third-order valence-electron chi connectivity index (χ3n) is 7.63. The molecule has 15 heteroatoms. The fraction of sp³-hybridized carbons (Fsp3) is 0.357. The Labute approximate surface area is 243 Å². The Balaban J connectivity index is 1.44. The summed E-state index contributed by atoms with van der Waals surface area (Å²) in [6.45, 7) is 1.41. The molecule has 1 amide bonds. The van der Waals surface area contributed by atoms with Gasteiger partial charge in [-0.25, -0.2) is 23.9 Å². The van der Waals surface area contributed by atoms with Gasteiger partial charge in [-0.3, -0.25) is 13.8 Å². The molecule has 0 saturated heterocycles. The van der Waals surface area contributed by atoms with E-state index < -0.39 is 37.9 Å². The quantitative estimate of drug-likeness (QED) is 0.246. The highest BCUT2D eigenvalue weighted by atomic mass is 31.2. The summed E-state index contributed by atoms with van der Waals surface area (Å²) in [5, 5.41) is 0. The van der Waals surface area contributed by atoms with E-state index in [0.717, 1.165) is 0 Å². The Kier molecular flexibility index (Phi) is 7.08. The molecule has 2 aromatic carbocycles. The first-order chi connectivity index (χ1) is 20.3. The molecule has 2 aromatic heterocycles. The molecule has 0 aliphatic carbocycles. The lowest BCUT2D eigenvalue weighted by Gasteiger charge is -2.25. The number of ether oxygens (including phenoxy) is 1. The molecule has 2 aliphatic heterocycles. The summed E-state index contributed by atoms with van der Waals surface area (Å²) < 4.78 is 71.0. The molecule has 2 aliphatic rings. The molecule has 0 radical (unpaired) electrons. The topological polar surface area (TPSA) is 129 Å². The summed E-state index contributed by atoms with van der Waals surface area (Å²) in [6, 6.07) is 6.24. The average molecular weight is 618 g/mol. The van der Waals surface area contributed by atoms with Gasteiger partial charge in [-0.05, 0) is 39.0 Å². The number of carbonyl (C=O) groups is 1. The predicted octanol–water partition coefficient (Wildman–Crippen LogP) is 5.74. The van der Waals surface area contributed by atoms with Gasteiger partial charge in [0.25, 0.3) is 5.91 Å². The van der Waals surface area contributed by atoms with Crippen LogP contribution in [0.15, 0.2) is 42.7 Å². The van der Waals surface area contributed by atoms with Crippen molar-refractivity contribution in [3.05, 3.63) is 71.3 Å². The van der Waals surface area contributed by atoms with Crippen molar-refractivity contribution >= 4 is 24.8 Å². The van der Waals surface area contributed by atoms with Gasteiger partial charge in [0.05, 0.1) is 29.7 Å². The van der Waals surface area contributed by atoms with E-state index in [-0.39, 0.29) is 35.2 Å². The van der Waals surface area contributed by atoms with Crippen LogP contribution in [0.1, 0.15) is 66.8 Å². The molecular formula is C28H27F3N5O6P. The van der Waals surface area contributed by atoms with Gasteiger partial charge in [0.1, 0.15) is 23.0 Å². The van der Waals surface area contributed by atoms with E-state index in [1.54, 1.807) is 26.1 Å². The van der Waals surface area contributed by atoms with Crippen LogP contribution in [0.4, 0.5) is 13.2 Å². The van der Waals surface area contributed by atoms with Gasteiger partial charge in [0.2, 0.25) is 0 Å². The van der Waals surface area contributed by atoms with E-state index in [1.165, 1.54) is 49.3 Å². The monoisotopic (exact) mass is 617 g/mol. The van der Waals surface area contributed by atoms with E-state index in [1.807, 2.05) is 4.57 Å². The number of rotatable bonds is 8. The highest BCUT2D eigenvalue weighted by Gasteiger charge is 2.45. The number of amides is 1. The number of hydrogen-bond donors (Lipinski definition) is 1. The minimum absolute atomic E-state index is 0.0377. The second-order valence-corrected chi connectivity index (χ2v) is 12.1. The van der Waals surface area contributed by atoms with Gasteiger partial charge in [-0.2, -0.15) is 8.78 Å². The number of hydrogen-bond acceptors (Lipinski definition) is 8. The third kappa shape index (κ3) is 4.97. The van der Waals surface area contributed by atoms with Crippen molar-refractivity contribution < 1.29 is 41.2 Å². The van der Waals surface area contributed by atoms with Gasteiger partial charge in [-0.1, -0.05) is 6.07 Å². The van der Waals surface area contributed by atoms with Crippen molar-refractivity contribution in [1.29, 1.82) is 0 Å². The van der Waals surface area contributed by atoms with Gasteiger partial charge in [0, 0.05) is 54.2 Å². The number of halogens is 3. The zero-order chi connectivity index (χ0) is 30.8. The molecule has 0 spiro atoms. The lowest BCUT2D eigenvalue weighted by molar-refractivity contribution is -0.0507. The van der Waals surface area contributed by atoms with E-state index in [0.29, 0.717) is 34.4 Å². The van der Waals surface area contributed by atoms with Gasteiger partial charge in [0.15, 0.2) is 5.82 Å². The van der Waals surface area contributed by atoms with Crippen molar-refractivity contribution in [3.63, 3.8) is 0 Å². The molecule has 1 N–H and O–H groups in total. The van der Waals surface area contributed by atoms with Crippen LogP contribution >= 0.6 is 7.82 Å². The lowest BCUT2D eigenvalue weighted by atomic mass is 9.97. The number of imidazole rings is 1. The molecule has 3 atom stereocenters. The van der Waals surface area contributed by atoms with Gasteiger partial charge < -0.3 is 19.1 Å². The van der Waals surface area contributed by atoms with Crippen LogP contribution in [0.25, 0.3) is 22.2 Å². The second kappa shape index (κ2) is 10.4. The molecule has 43 heavy (non-hydrogen) atoms. The number of alkyl halides is 2. The first kappa shape index (κ1) is 29.2. The fourth-order valence-electron chi connectivity index (χ4n) is 5.82. The second-order valence-electron chi connectivity index (χ2n) is 10.7. The third-order valence-corrected chi connectivity index (χ3v) is 8.90. The standard InChI is InChI=1S/C28H27F3N5O6P/c1-5-40-43(38,39)42-28(2,3)26-32-12-14(13-33-26)16-9-19-18(10-17(16)29)34-24-21-11-20(36(19)24)23-15(25(37)35(21)4)7-6-8-22(23)41-27(30)31/h6-10,12-13,20-21,27H,5,11H2,1-4H3,(H,38,39)/t20-,21+/m0/s1. The molecule has 0 saturated carbocycles. The smallest absolute Gasteiger partial charge is 0.434 e. The normalized spacial score (nSPS) is 19.4. The van der Waals surface area contributed by atoms with Crippen LogP contribution in [0.5, 0.6) is 5.75 Å². The summed E-state index contributed by atoms with van der Waals surface area (Å²) in [7, 11) is -2.75. The molecule has 6 rings (SSSR count). The van der Waals surface area contributed by atoms with E-state index in [4.69, 9.17) is 13.8 Å². The maximum absolute atomic E-state index is 15.5. The number of phosphoric ester groups is 1.